The topological polar surface area (TPSA) is 35.5 Å². The molecule has 0 N–H and O–H groups in total. The van der Waals surface area contributed by atoms with Crippen molar-refractivity contribution in [3.63, 3.8) is 0 Å². The third-order valence-electron chi connectivity index (χ3n) is 2.57. The van der Waals surface area contributed by atoms with Gasteiger partial charge in [0, 0.05) is 13.3 Å². The Kier molecular flexibility index (Phi) is 7.19. The molecule has 0 aliphatic carbocycles. The number of hydrogen-bond donors (Lipinski definition) is 0. The van der Waals surface area contributed by atoms with Crippen LogP contribution in [0.15, 0.2) is 24.3 Å². The zero-order valence-corrected chi connectivity index (χ0v) is 11.4. The summed E-state index contributed by atoms with van der Waals surface area (Å²) < 4.78 is 10.5. The number of carbonyl (C=O) groups is 1. The molecule has 0 aliphatic rings. The largest absolute Gasteiger partial charge is 0.494 e. The van der Waals surface area contributed by atoms with Crippen LogP contribution < -0.4 is 9.47 Å². The molecule has 0 amide bonds. The quantitative estimate of drug-likeness (QED) is 0.310. The van der Waals surface area contributed by atoms with Gasteiger partial charge in [0.05, 0.1) is 6.61 Å². The van der Waals surface area contributed by atoms with E-state index < -0.39 is 0 Å². The Bertz CT molecular complexity index is 415. The number of hydrogen-bond acceptors (Lipinski definition) is 3. The molecule has 1 aromatic carbocycles. The molecule has 0 bridgehead atoms. The van der Waals surface area contributed by atoms with Crippen molar-refractivity contribution in [3.05, 3.63) is 24.3 Å². The van der Waals surface area contributed by atoms with E-state index >= 15 is 0 Å². The number of ether oxygens (including phenoxy) is 2. The first-order chi connectivity index (χ1) is 9.22. The van der Waals surface area contributed by atoms with E-state index in [2.05, 4.69) is 5.92 Å². The van der Waals surface area contributed by atoms with Gasteiger partial charge in [-0.05, 0) is 37.1 Å². The van der Waals surface area contributed by atoms with E-state index in [-0.39, 0.29) is 5.97 Å². The summed E-state index contributed by atoms with van der Waals surface area (Å²) in [5, 5.41) is 0. The normalized spacial score (nSPS) is 9.68. The van der Waals surface area contributed by atoms with Gasteiger partial charge in [-0.25, -0.2) is 0 Å². The minimum atomic E-state index is -0.319. The highest BCUT2D eigenvalue weighted by atomic mass is 16.5. The van der Waals surface area contributed by atoms with Crippen molar-refractivity contribution in [2.75, 3.05) is 6.61 Å². The lowest BCUT2D eigenvalue weighted by molar-refractivity contribution is -0.131. The molecule has 0 atom stereocenters. The van der Waals surface area contributed by atoms with E-state index in [1.807, 2.05) is 0 Å². The van der Waals surface area contributed by atoms with Crippen molar-refractivity contribution < 1.29 is 14.3 Å². The third-order valence-corrected chi connectivity index (χ3v) is 2.57. The second kappa shape index (κ2) is 9.04. The van der Waals surface area contributed by atoms with Gasteiger partial charge in [0.1, 0.15) is 11.5 Å². The first kappa shape index (κ1) is 15.1. The zero-order valence-electron chi connectivity index (χ0n) is 11.4. The third kappa shape index (κ3) is 7.15. The van der Waals surface area contributed by atoms with Crippen molar-refractivity contribution in [1.29, 1.82) is 0 Å². The molecule has 3 nitrogen and oxygen atoms in total. The minimum absolute atomic E-state index is 0.319. The maximum absolute atomic E-state index is 10.8. The number of benzene rings is 1. The summed E-state index contributed by atoms with van der Waals surface area (Å²) >= 11 is 0. The fraction of sp³-hybridized carbons (Fsp3) is 0.438. The average Bonchev–Trinajstić information content (AvgIpc) is 2.39. The van der Waals surface area contributed by atoms with E-state index in [1.54, 1.807) is 24.3 Å². The molecule has 19 heavy (non-hydrogen) atoms. The number of rotatable bonds is 8. The average molecular weight is 260 g/mol. The Morgan fingerprint density at radius 2 is 1.74 bits per heavy atom. The van der Waals surface area contributed by atoms with Gasteiger partial charge in [0.15, 0.2) is 0 Å². The Balaban J connectivity index is 2.16. The number of carbonyl (C=O) groups excluding carboxylic acids is 1. The van der Waals surface area contributed by atoms with Crippen LogP contribution in [0.2, 0.25) is 0 Å². The first-order valence-electron chi connectivity index (χ1n) is 6.57. The smallest absolute Gasteiger partial charge is 0.308 e. The minimum Gasteiger partial charge on any atom is -0.494 e. The molecular weight excluding hydrogens is 240 g/mol. The van der Waals surface area contributed by atoms with Crippen LogP contribution in [0.1, 0.15) is 39.0 Å². The molecule has 0 aliphatic heterocycles. The van der Waals surface area contributed by atoms with Crippen molar-refractivity contribution in [2.24, 2.45) is 0 Å². The van der Waals surface area contributed by atoms with Gasteiger partial charge in [-0.2, -0.15) is 0 Å². The highest BCUT2D eigenvalue weighted by Crippen LogP contribution is 2.18. The lowest BCUT2D eigenvalue weighted by atomic mass is 10.1. The highest BCUT2D eigenvalue weighted by molar-refractivity contribution is 5.69. The van der Waals surface area contributed by atoms with Gasteiger partial charge in [-0.15, -0.1) is 12.3 Å². The van der Waals surface area contributed by atoms with E-state index in [0.29, 0.717) is 12.4 Å². The summed E-state index contributed by atoms with van der Waals surface area (Å²) in [5.74, 6) is 3.64. The molecule has 0 unspecified atom stereocenters. The molecule has 1 rings (SSSR count). The maximum atomic E-state index is 10.8. The van der Waals surface area contributed by atoms with Crippen LogP contribution in [0, 0.1) is 12.3 Å². The summed E-state index contributed by atoms with van der Waals surface area (Å²) in [5.41, 5.74) is 0. The number of unbranched alkanes of at least 4 members (excludes halogenated alkanes) is 4. The van der Waals surface area contributed by atoms with Crippen LogP contribution in [-0.4, -0.2) is 12.6 Å². The molecule has 0 saturated heterocycles. The van der Waals surface area contributed by atoms with Crippen molar-refractivity contribution in [2.45, 2.75) is 39.0 Å². The molecule has 0 heterocycles. The molecular formula is C16H20O3. The number of esters is 1. The Hall–Kier alpha value is -1.95. The summed E-state index contributed by atoms with van der Waals surface area (Å²) in [7, 11) is 0. The van der Waals surface area contributed by atoms with Crippen LogP contribution in [0.5, 0.6) is 11.5 Å². The van der Waals surface area contributed by atoms with Gasteiger partial charge in [-0.3, -0.25) is 4.79 Å². The van der Waals surface area contributed by atoms with Gasteiger partial charge >= 0.3 is 5.97 Å². The van der Waals surface area contributed by atoms with Crippen LogP contribution in [0.25, 0.3) is 0 Å². The van der Waals surface area contributed by atoms with E-state index in [4.69, 9.17) is 15.9 Å². The Morgan fingerprint density at radius 3 is 2.37 bits per heavy atom. The highest BCUT2D eigenvalue weighted by Gasteiger charge is 1.99. The predicted octanol–water partition coefficient (Wildman–Crippen LogP) is 3.57. The summed E-state index contributed by atoms with van der Waals surface area (Å²) in [4.78, 5) is 10.8. The van der Waals surface area contributed by atoms with Gasteiger partial charge in [-0.1, -0.05) is 12.8 Å². The molecule has 0 aromatic heterocycles. The Labute approximate surface area is 114 Å². The van der Waals surface area contributed by atoms with Crippen LogP contribution in [0.3, 0.4) is 0 Å². The van der Waals surface area contributed by atoms with Gasteiger partial charge in [0.25, 0.3) is 0 Å². The predicted molar refractivity (Wildman–Crippen MR) is 75.2 cm³/mol. The van der Waals surface area contributed by atoms with Crippen LogP contribution in [-0.2, 0) is 4.79 Å². The Morgan fingerprint density at radius 1 is 1.11 bits per heavy atom. The lowest BCUT2D eigenvalue weighted by Gasteiger charge is -2.07. The van der Waals surface area contributed by atoms with E-state index in [1.165, 1.54) is 6.92 Å². The summed E-state index contributed by atoms with van der Waals surface area (Å²) in [6.07, 6.45) is 10.4. The molecule has 0 spiro atoms. The summed E-state index contributed by atoms with van der Waals surface area (Å²) in [6.45, 7) is 2.08. The SMILES string of the molecule is C#CCCCCCCOc1ccc(OC(C)=O)cc1. The van der Waals surface area contributed by atoms with E-state index in [0.717, 1.165) is 37.9 Å². The molecule has 0 radical (unpaired) electrons. The fourth-order valence-electron chi connectivity index (χ4n) is 1.64. The van der Waals surface area contributed by atoms with Crippen molar-refractivity contribution >= 4 is 5.97 Å². The lowest BCUT2D eigenvalue weighted by Crippen LogP contribution is -2.01. The fourth-order valence-corrected chi connectivity index (χ4v) is 1.64. The number of terminal acetylenes is 1. The van der Waals surface area contributed by atoms with Crippen molar-refractivity contribution in [3.8, 4) is 23.8 Å². The molecule has 1 aromatic rings. The van der Waals surface area contributed by atoms with Crippen molar-refractivity contribution in [1.82, 2.24) is 0 Å². The standard InChI is InChI=1S/C16H20O3/c1-3-4-5-6-7-8-13-18-15-9-11-16(12-10-15)19-14(2)17/h1,9-12H,4-8,13H2,2H3. The molecule has 0 saturated carbocycles. The molecule has 0 fully saturated rings. The van der Waals surface area contributed by atoms with Crippen LogP contribution in [0.4, 0.5) is 0 Å². The second-order valence-electron chi connectivity index (χ2n) is 4.28. The zero-order chi connectivity index (χ0) is 13.9. The maximum Gasteiger partial charge on any atom is 0.308 e. The first-order valence-corrected chi connectivity index (χ1v) is 6.57. The molecule has 3 heteroatoms. The van der Waals surface area contributed by atoms with E-state index in [9.17, 15) is 4.79 Å². The second-order valence-corrected chi connectivity index (χ2v) is 4.28. The van der Waals surface area contributed by atoms with Gasteiger partial charge < -0.3 is 9.47 Å². The van der Waals surface area contributed by atoms with Crippen LogP contribution >= 0.6 is 0 Å². The van der Waals surface area contributed by atoms with Gasteiger partial charge in [0.2, 0.25) is 0 Å². The molecule has 102 valence electrons. The monoisotopic (exact) mass is 260 g/mol. The summed E-state index contributed by atoms with van der Waals surface area (Å²) in [6, 6.07) is 7.06.